The van der Waals surface area contributed by atoms with E-state index in [2.05, 4.69) is 41.7 Å². The van der Waals surface area contributed by atoms with Crippen LogP contribution in [0.2, 0.25) is 0 Å². The lowest BCUT2D eigenvalue weighted by Gasteiger charge is -2.12. The van der Waals surface area contributed by atoms with Gasteiger partial charge in [-0.2, -0.15) is 5.10 Å². The SMILES string of the molecule is CCc1nn2c(c1C(=O)NCCC(C)C)N[C@H](c1ccccc1)C2. The quantitative estimate of drug-likeness (QED) is 0.855. The summed E-state index contributed by atoms with van der Waals surface area (Å²) in [7, 11) is 0. The van der Waals surface area contributed by atoms with Crippen molar-refractivity contribution < 1.29 is 4.79 Å². The van der Waals surface area contributed by atoms with Gasteiger partial charge in [0.1, 0.15) is 11.4 Å². The van der Waals surface area contributed by atoms with Crippen molar-refractivity contribution in [1.82, 2.24) is 15.1 Å². The number of nitrogens with zero attached hydrogens (tertiary/aromatic N) is 2. The lowest BCUT2D eigenvalue weighted by Crippen LogP contribution is -2.26. The number of carbonyl (C=O) groups is 1. The van der Waals surface area contributed by atoms with Crippen LogP contribution in [0, 0.1) is 5.92 Å². The first kappa shape index (κ1) is 16.6. The molecular weight excluding hydrogens is 300 g/mol. The number of benzene rings is 1. The third-order valence-electron chi connectivity index (χ3n) is 4.46. The number of fused-ring (bicyclic) bond motifs is 1. The van der Waals surface area contributed by atoms with Crippen molar-refractivity contribution in [3.8, 4) is 0 Å². The van der Waals surface area contributed by atoms with E-state index < -0.39 is 0 Å². The predicted molar refractivity (Wildman–Crippen MR) is 96.2 cm³/mol. The van der Waals surface area contributed by atoms with Crippen molar-refractivity contribution in [1.29, 1.82) is 0 Å². The van der Waals surface area contributed by atoms with Gasteiger partial charge in [-0.25, -0.2) is 4.68 Å². The molecule has 1 aromatic carbocycles. The average molecular weight is 326 g/mol. The van der Waals surface area contributed by atoms with Crippen LogP contribution in [-0.4, -0.2) is 22.2 Å². The van der Waals surface area contributed by atoms with Gasteiger partial charge in [-0.05, 0) is 24.3 Å². The molecule has 128 valence electrons. The van der Waals surface area contributed by atoms with Crippen LogP contribution in [0.25, 0.3) is 0 Å². The van der Waals surface area contributed by atoms with Gasteiger partial charge in [-0.1, -0.05) is 51.1 Å². The normalized spacial score (nSPS) is 16.1. The number of amides is 1. The van der Waals surface area contributed by atoms with E-state index in [1.807, 2.05) is 29.8 Å². The van der Waals surface area contributed by atoms with Crippen molar-refractivity contribution in [3.05, 3.63) is 47.2 Å². The van der Waals surface area contributed by atoms with Gasteiger partial charge in [-0.15, -0.1) is 0 Å². The fourth-order valence-corrected chi connectivity index (χ4v) is 3.10. The van der Waals surface area contributed by atoms with Crippen molar-refractivity contribution in [2.75, 3.05) is 11.9 Å². The number of hydrogen-bond donors (Lipinski definition) is 2. The van der Waals surface area contributed by atoms with Crippen molar-refractivity contribution >= 4 is 11.7 Å². The van der Waals surface area contributed by atoms with Gasteiger partial charge < -0.3 is 10.6 Å². The molecule has 0 saturated heterocycles. The Bertz CT molecular complexity index is 706. The maximum absolute atomic E-state index is 12.7. The number of hydrogen-bond acceptors (Lipinski definition) is 3. The largest absolute Gasteiger partial charge is 0.361 e. The Morgan fingerprint density at radius 3 is 2.79 bits per heavy atom. The molecule has 1 aliphatic heterocycles. The molecule has 2 N–H and O–H groups in total. The Hall–Kier alpha value is -2.30. The zero-order valence-electron chi connectivity index (χ0n) is 14.7. The highest BCUT2D eigenvalue weighted by Crippen LogP contribution is 2.33. The molecule has 0 radical (unpaired) electrons. The number of nitrogens with one attached hydrogen (secondary N) is 2. The Balaban J connectivity index is 1.78. The average Bonchev–Trinajstić information content (AvgIpc) is 3.12. The van der Waals surface area contributed by atoms with Crippen molar-refractivity contribution in [3.63, 3.8) is 0 Å². The second-order valence-corrected chi connectivity index (χ2v) is 6.75. The summed E-state index contributed by atoms with van der Waals surface area (Å²) in [6.07, 6.45) is 1.74. The smallest absolute Gasteiger partial charge is 0.256 e. The third kappa shape index (κ3) is 3.30. The molecule has 24 heavy (non-hydrogen) atoms. The van der Waals surface area contributed by atoms with Crippen LogP contribution in [0.15, 0.2) is 30.3 Å². The summed E-state index contributed by atoms with van der Waals surface area (Å²) in [6, 6.07) is 10.5. The van der Waals surface area contributed by atoms with Crippen LogP contribution in [0.4, 0.5) is 5.82 Å². The molecule has 1 aliphatic rings. The summed E-state index contributed by atoms with van der Waals surface area (Å²) in [6.45, 7) is 7.82. The van der Waals surface area contributed by atoms with Gasteiger partial charge in [0.05, 0.1) is 18.3 Å². The zero-order chi connectivity index (χ0) is 17.1. The van der Waals surface area contributed by atoms with Crippen LogP contribution >= 0.6 is 0 Å². The lowest BCUT2D eigenvalue weighted by atomic mass is 10.1. The number of anilines is 1. The number of aromatic nitrogens is 2. The molecular formula is C19H26N4O. The van der Waals surface area contributed by atoms with E-state index in [-0.39, 0.29) is 11.9 Å². The minimum atomic E-state index is -0.0186. The first-order valence-electron chi connectivity index (χ1n) is 8.79. The second-order valence-electron chi connectivity index (χ2n) is 6.75. The van der Waals surface area contributed by atoms with Gasteiger partial charge in [0, 0.05) is 6.54 Å². The molecule has 0 saturated carbocycles. The van der Waals surface area contributed by atoms with Crippen LogP contribution in [0.1, 0.15) is 54.8 Å². The Morgan fingerprint density at radius 2 is 2.12 bits per heavy atom. The number of carbonyl (C=O) groups excluding carboxylic acids is 1. The standard InChI is InChI=1S/C19H26N4O/c1-4-15-17(19(24)20-11-10-13(2)3)18-21-16(12-23(18)22-15)14-8-6-5-7-9-14/h5-9,13,16,21H,4,10-12H2,1-3H3,(H,20,24)/t16-/m0/s1. The van der Waals surface area contributed by atoms with Gasteiger partial charge in [-0.3, -0.25) is 4.79 Å². The van der Waals surface area contributed by atoms with Crippen molar-refractivity contribution in [2.24, 2.45) is 5.92 Å². The van der Waals surface area contributed by atoms with Crippen molar-refractivity contribution in [2.45, 2.75) is 46.2 Å². The highest BCUT2D eigenvalue weighted by molar-refractivity contribution is 6.00. The molecule has 0 fully saturated rings. The van der Waals surface area contributed by atoms with E-state index in [1.54, 1.807) is 0 Å². The van der Waals surface area contributed by atoms with E-state index in [1.165, 1.54) is 5.56 Å². The van der Waals surface area contributed by atoms with E-state index in [0.717, 1.165) is 30.9 Å². The highest BCUT2D eigenvalue weighted by atomic mass is 16.1. The molecule has 0 unspecified atom stereocenters. The predicted octanol–water partition coefficient (Wildman–Crippen LogP) is 3.39. The van der Waals surface area contributed by atoms with Crippen LogP contribution < -0.4 is 10.6 Å². The molecule has 1 aromatic heterocycles. The fraction of sp³-hybridized carbons (Fsp3) is 0.474. The maximum Gasteiger partial charge on any atom is 0.256 e. The molecule has 3 rings (SSSR count). The minimum Gasteiger partial charge on any atom is -0.361 e. The van der Waals surface area contributed by atoms with Crippen LogP contribution in [0.3, 0.4) is 0 Å². The molecule has 1 amide bonds. The summed E-state index contributed by atoms with van der Waals surface area (Å²) in [5.41, 5.74) is 2.79. The van der Waals surface area contributed by atoms with E-state index in [9.17, 15) is 4.79 Å². The van der Waals surface area contributed by atoms with E-state index in [4.69, 9.17) is 0 Å². The summed E-state index contributed by atoms with van der Waals surface area (Å²) < 4.78 is 1.94. The summed E-state index contributed by atoms with van der Waals surface area (Å²) in [5.74, 6) is 1.41. The van der Waals surface area contributed by atoms with Crippen LogP contribution in [0.5, 0.6) is 0 Å². The molecule has 1 atom stereocenters. The van der Waals surface area contributed by atoms with Crippen LogP contribution in [-0.2, 0) is 13.0 Å². The number of aryl methyl sites for hydroxylation is 1. The summed E-state index contributed by atoms with van der Waals surface area (Å²) in [4.78, 5) is 12.7. The Morgan fingerprint density at radius 1 is 1.38 bits per heavy atom. The molecule has 2 aromatic rings. The second kappa shape index (κ2) is 7.07. The molecule has 5 heteroatoms. The van der Waals surface area contributed by atoms with E-state index >= 15 is 0 Å². The fourth-order valence-electron chi connectivity index (χ4n) is 3.10. The third-order valence-corrected chi connectivity index (χ3v) is 4.46. The summed E-state index contributed by atoms with van der Waals surface area (Å²) in [5, 5.41) is 11.2. The Labute approximate surface area is 143 Å². The van der Waals surface area contributed by atoms with Gasteiger partial charge >= 0.3 is 0 Å². The molecule has 0 spiro atoms. The number of rotatable bonds is 6. The molecule has 5 nitrogen and oxygen atoms in total. The highest BCUT2D eigenvalue weighted by Gasteiger charge is 2.30. The van der Waals surface area contributed by atoms with Gasteiger partial charge in [0.15, 0.2) is 0 Å². The molecule has 0 bridgehead atoms. The van der Waals surface area contributed by atoms with Gasteiger partial charge in [0.2, 0.25) is 0 Å². The first-order chi connectivity index (χ1) is 11.6. The topological polar surface area (TPSA) is 59.0 Å². The van der Waals surface area contributed by atoms with Gasteiger partial charge in [0.25, 0.3) is 5.91 Å². The molecule has 2 heterocycles. The summed E-state index contributed by atoms with van der Waals surface area (Å²) >= 11 is 0. The lowest BCUT2D eigenvalue weighted by molar-refractivity contribution is 0.0952. The Kier molecular flexibility index (Phi) is 4.88. The minimum absolute atomic E-state index is 0.0186. The van der Waals surface area contributed by atoms with E-state index in [0.29, 0.717) is 18.0 Å². The first-order valence-corrected chi connectivity index (χ1v) is 8.79. The molecule has 0 aliphatic carbocycles. The monoisotopic (exact) mass is 326 g/mol. The zero-order valence-corrected chi connectivity index (χ0v) is 14.7. The maximum atomic E-state index is 12.7.